The molecule has 1 aliphatic rings. The number of hydrogen-bond acceptors (Lipinski definition) is 6. The van der Waals surface area contributed by atoms with Crippen LogP contribution in [-0.4, -0.2) is 71.8 Å². The van der Waals surface area contributed by atoms with E-state index in [0.717, 1.165) is 0 Å². The summed E-state index contributed by atoms with van der Waals surface area (Å²) in [4.78, 5) is 41.8. The Kier molecular flexibility index (Phi) is 5.81. The summed E-state index contributed by atoms with van der Waals surface area (Å²) < 4.78 is 11.7. The third kappa shape index (κ3) is 3.77. The molecule has 0 unspecified atom stereocenters. The Morgan fingerprint density at radius 2 is 1.44 bits per heavy atom. The van der Waals surface area contributed by atoms with Gasteiger partial charge in [-0.1, -0.05) is 18.2 Å². The molecule has 4 rings (SSSR count). The van der Waals surface area contributed by atoms with Gasteiger partial charge >= 0.3 is 0 Å². The van der Waals surface area contributed by atoms with Gasteiger partial charge in [-0.2, -0.15) is 5.10 Å². The summed E-state index contributed by atoms with van der Waals surface area (Å²) in [6, 6.07) is 12.0. The van der Waals surface area contributed by atoms with Crippen LogP contribution < -0.4 is 15.0 Å². The first-order valence-corrected chi connectivity index (χ1v) is 10.2. The Morgan fingerprint density at radius 1 is 0.844 bits per heavy atom. The van der Waals surface area contributed by atoms with E-state index in [1.165, 1.54) is 25.9 Å². The van der Waals surface area contributed by atoms with Crippen molar-refractivity contribution in [3.05, 3.63) is 64.1 Å². The second-order valence-electron chi connectivity index (χ2n) is 7.48. The molecule has 32 heavy (non-hydrogen) atoms. The van der Waals surface area contributed by atoms with Crippen LogP contribution in [0.15, 0.2) is 47.3 Å². The topological polar surface area (TPSA) is 94.0 Å². The van der Waals surface area contributed by atoms with Crippen LogP contribution in [0.2, 0.25) is 0 Å². The van der Waals surface area contributed by atoms with Gasteiger partial charge in [0.25, 0.3) is 17.4 Å². The van der Waals surface area contributed by atoms with Gasteiger partial charge in [0.15, 0.2) is 17.2 Å². The van der Waals surface area contributed by atoms with Crippen molar-refractivity contribution in [2.75, 3.05) is 40.4 Å². The van der Waals surface area contributed by atoms with E-state index < -0.39 is 0 Å². The van der Waals surface area contributed by atoms with Crippen molar-refractivity contribution in [3.63, 3.8) is 0 Å². The van der Waals surface area contributed by atoms with Crippen LogP contribution in [0.25, 0.3) is 10.8 Å². The zero-order valence-corrected chi connectivity index (χ0v) is 18.2. The van der Waals surface area contributed by atoms with Crippen LogP contribution >= 0.6 is 0 Å². The van der Waals surface area contributed by atoms with E-state index in [0.29, 0.717) is 54.0 Å². The number of methoxy groups -OCH3 is 2. The monoisotopic (exact) mass is 436 g/mol. The molecule has 9 heteroatoms. The average Bonchev–Trinajstić information content (AvgIpc) is 2.85. The number of carbonyl (C=O) groups is 2. The molecule has 2 aromatic carbocycles. The van der Waals surface area contributed by atoms with E-state index in [-0.39, 0.29) is 23.1 Å². The van der Waals surface area contributed by atoms with Gasteiger partial charge in [-0.15, -0.1) is 0 Å². The minimum atomic E-state index is -0.255. The maximum absolute atomic E-state index is 13.2. The molecule has 2 amide bonds. The number of amides is 2. The number of rotatable bonds is 4. The van der Waals surface area contributed by atoms with Gasteiger partial charge in [0.05, 0.1) is 19.6 Å². The normalized spacial score (nSPS) is 13.8. The highest BCUT2D eigenvalue weighted by molar-refractivity contribution is 6.05. The average molecular weight is 436 g/mol. The Hall–Kier alpha value is -3.88. The highest BCUT2D eigenvalue weighted by Gasteiger charge is 2.28. The number of aromatic nitrogens is 2. The number of carbonyl (C=O) groups excluding carboxylic acids is 2. The molecule has 0 spiro atoms. The van der Waals surface area contributed by atoms with Crippen molar-refractivity contribution in [1.82, 2.24) is 19.6 Å². The molecular formula is C23H24N4O5. The van der Waals surface area contributed by atoms with E-state index in [2.05, 4.69) is 5.10 Å². The molecule has 0 saturated carbocycles. The third-order valence-corrected chi connectivity index (χ3v) is 5.64. The first-order chi connectivity index (χ1) is 15.4. The van der Waals surface area contributed by atoms with Gasteiger partial charge < -0.3 is 19.3 Å². The van der Waals surface area contributed by atoms with Crippen molar-refractivity contribution < 1.29 is 19.1 Å². The molecule has 1 saturated heterocycles. The van der Waals surface area contributed by atoms with Gasteiger partial charge in [-0.05, 0) is 24.3 Å². The van der Waals surface area contributed by atoms with Crippen LogP contribution in [0.5, 0.6) is 11.5 Å². The maximum Gasteiger partial charge on any atom is 0.275 e. The quantitative estimate of drug-likeness (QED) is 0.616. The summed E-state index contributed by atoms with van der Waals surface area (Å²) >= 11 is 0. The van der Waals surface area contributed by atoms with Gasteiger partial charge in [-0.25, -0.2) is 4.68 Å². The fourth-order valence-electron chi connectivity index (χ4n) is 3.87. The summed E-state index contributed by atoms with van der Waals surface area (Å²) in [5.41, 5.74) is 0.484. The number of nitrogens with zero attached hydrogens (tertiary/aromatic N) is 4. The summed E-state index contributed by atoms with van der Waals surface area (Å²) in [7, 11) is 4.59. The van der Waals surface area contributed by atoms with E-state index in [1.807, 2.05) is 0 Å². The molecule has 1 aromatic heterocycles. The lowest BCUT2D eigenvalue weighted by Gasteiger charge is -2.34. The van der Waals surface area contributed by atoms with E-state index >= 15 is 0 Å². The predicted octanol–water partition coefficient (Wildman–Crippen LogP) is 1.55. The number of ether oxygens (including phenoxy) is 2. The van der Waals surface area contributed by atoms with Gasteiger partial charge in [-0.3, -0.25) is 14.4 Å². The largest absolute Gasteiger partial charge is 0.493 e. The summed E-state index contributed by atoms with van der Waals surface area (Å²) in [6.45, 7) is 1.53. The fourth-order valence-corrected chi connectivity index (χ4v) is 3.87. The molecule has 0 aliphatic carbocycles. The molecule has 166 valence electrons. The van der Waals surface area contributed by atoms with Crippen molar-refractivity contribution in [2.45, 2.75) is 0 Å². The second kappa shape index (κ2) is 8.70. The number of piperazine rings is 1. The zero-order valence-electron chi connectivity index (χ0n) is 18.2. The molecule has 0 N–H and O–H groups in total. The first kappa shape index (κ1) is 21.4. The molecule has 0 radical (unpaired) electrons. The van der Waals surface area contributed by atoms with Gasteiger partial charge in [0.1, 0.15) is 0 Å². The number of benzene rings is 2. The molecule has 0 bridgehead atoms. The zero-order chi connectivity index (χ0) is 22.8. The van der Waals surface area contributed by atoms with Crippen molar-refractivity contribution >= 4 is 22.6 Å². The lowest BCUT2D eigenvalue weighted by atomic mass is 10.1. The molecule has 1 aliphatic heterocycles. The van der Waals surface area contributed by atoms with E-state index in [1.54, 1.807) is 52.3 Å². The molecule has 0 atom stereocenters. The lowest BCUT2D eigenvalue weighted by Crippen LogP contribution is -2.51. The van der Waals surface area contributed by atoms with Gasteiger partial charge in [0, 0.05) is 44.2 Å². The van der Waals surface area contributed by atoms with Crippen LogP contribution in [0, 0.1) is 0 Å². The minimum absolute atomic E-state index is 0.135. The Balaban J connectivity index is 1.50. The van der Waals surface area contributed by atoms with Crippen molar-refractivity contribution in [2.24, 2.45) is 7.05 Å². The highest BCUT2D eigenvalue weighted by Crippen LogP contribution is 2.28. The first-order valence-electron chi connectivity index (χ1n) is 10.2. The standard InChI is InChI=1S/C23H24N4O5/c1-25-22(29)17-7-5-4-6-16(17)20(24-25)23(30)27-12-10-26(11-13-27)21(28)15-8-9-18(31-2)19(14-15)32-3/h4-9,14H,10-13H2,1-3H3. The van der Waals surface area contributed by atoms with E-state index in [4.69, 9.17) is 9.47 Å². The van der Waals surface area contributed by atoms with Gasteiger partial charge in [0.2, 0.25) is 0 Å². The SMILES string of the molecule is COc1ccc(C(=O)N2CCN(C(=O)c3nn(C)c(=O)c4ccccc34)CC2)cc1OC. The molecule has 1 fully saturated rings. The van der Waals surface area contributed by atoms with E-state index in [9.17, 15) is 14.4 Å². The molecule has 2 heterocycles. The van der Waals surface area contributed by atoms with Crippen molar-refractivity contribution in [3.8, 4) is 11.5 Å². The Bertz CT molecular complexity index is 1240. The van der Waals surface area contributed by atoms with Crippen LogP contribution in [-0.2, 0) is 7.05 Å². The summed E-state index contributed by atoms with van der Waals surface area (Å²) in [5, 5.41) is 5.21. The minimum Gasteiger partial charge on any atom is -0.493 e. The number of aryl methyl sites for hydroxylation is 1. The highest BCUT2D eigenvalue weighted by atomic mass is 16.5. The summed E-state index contributed by atoms with van der Waals surface area (Å²) in [5.74, 6) is 0.648. The molecule has 3 aromatic rings. The fraction of sp³-hybridized carbons (Fsp3) is 0.304. The lowest BCUT2D eigenvalue weighted by molar-refractivity contribution is 0.0532. The van der Waals surface area contributed by atoms with Crippen LogP contribution in [0.3, 0.4) is 0 Å². The molecular weight excluding hydrogens is 412 g/mol. The second-order valence-corrected chi connectivity index (χ2v) is 7.48. The maximum atomic E-state index is 13.2. The Labute approximate surface area is 184 Å². The molecule has 9 nitrogen and oxygen atoms in total. The number of hydrogen-bond donors (Lipinski definition) is 0. The van der Waals surface area contributed by atoms with Crippen LogP contribution in [0.1, 0.15) is 20.8 Å². The predicted molar refractivity (Wildman–Crippen MR) is 118 cm³/mol. The number of fused-ring (bicyclic) bond motifs is 1. The smallest absolute Gasteiger partial charge is 0.275 e. The summed E-state index contributed by atoms with van der Waals surface area (Å²) in [6.07, 6.45) is 0. The third-order valence-electron chi connectivity index (χ3n) is 5.64. The van der Waals surface area contributed by atoms with Crippen LogP contribution in [0.4, 0.5) is 0 Å². The van der Waals surface area contributed by atoms with Crippen molar-refractivity contribution in [1.29, 1.82) is 0 Å². The Morgan fingerprint density at radius 3 is 2.06 bits per heavy atom.